The Morgan fingerprint density at radius 2 is 1.78 bits per heavy atom. The summed E-state index contributed by atoms with van der Waals surface area (Å²) in [6.45, 7) is 0. The maximum atomic E-state index is 13.4. The first-order valence-corrected chi connectivity index (χ1v) is 11.4. The molecule has 37 heavy (non-hydrogen) atoms. The number of fused-ring (bicyclic) bond motifs is 1. The first-order chi connectivity index (χ1) is 17.9. The van der Waals surface area contributed by atoms with Gasteiger partial charge in [-0.05, 0) is 30.3 Å². The van der Waals surface area contributed by atoms with Crippen molar-refractivity contribution in [2.45, 2.75) is 6.04 Å². The Labute approximate surface area is 216 Å². The first-order valence-electron chi connectivity index (χ1n) is 11.1. The fourth-order valence-electron chi connectivity index (χ4n) is 4.26. The average molecular weight is 521 g/mol. The van der Waals surface area contributed by atoms with Crippen LogP contribution in [-0.4, -0.2) is 53.1 Å². The van der Waals surface area contributed by atoms with Crippen molar-refractivity contribution < 1.29 is 28.9 Å². The summed E-state index contributed by atoms with van der Waals surface area (Å²) in [6.07, 6.45) is 1.53. The van der Waals surface area contributed by atoms with Gasteiger partial charge in [0.15, 0.2) is 11.5 Å². The van der Waals surface area contributed by atoms with Crippen molar-refractivity contribution in [2.75, 3.05) is 26.2 Å². The number of carbonyl (C=O) groups excluding carboxylic acids is 2. The number of ketones is 1. The summed E-state index contributed by atoms with van der Waals surface area (Å²) >= 11 is 6.35. The average Bonchev–Trinajstić information content (AvgIpc) is 3.45. The second kappa shape index (κ2) is 9.47. The molecule has 0 bridgehead atoms. The van der Waals surface area contributed by atoms with Crippen molar-refractivity contribution in [3.05, 3.63) is 76.6 Å². The molecular formula is C26H21ClN4O6. The number of nitrogens with zero attached hydrogens (tertiary/aromatic N) is 3. The number of amides is 1. The zero-order valence-corrected chi connectivity index (χ0v) is 20.7. The molecule has 1 fully saturated rings. The van der Waals surface area contributed by atoms with Crippen LogP contribution in [0.1, 0.15) is 17.3 Å². The molecule has 2 N–H and O–H groups in total. The Balaban J connectivity index is 1.73. The highest BCUT2D eigenvalue weighted by Gasteiger charge is 2.49. The Hall–Kier alpha value is -4.57. The highest BCUT2D eigenvalue weighted by Crippen LogP contribution is 2.43. The van der Waals surface area contributed by atoms with Gasteiger partial charge in [0.2, 0.25) is 5.95 Å². The molecule has 10 nitrogen and oxygen atoms in total. The number of aliphatic hydroxyl groups is 1. The van der Waals surface area contributed by atoms with E-state index in [0.717, 1.165) is 0 Å². The predicted molar refractivity (Wildman–Crippen MR) is 136 cm³/mol. The van der Waals surface area contributed by atoms with Crippen molar-refractivity contribution in [1.29, 1.82) is 0 Å². The molecule has 1 unspecified atom stereocenters. The molecule has 2 aromatic heterocycles. The van der Waals surface area contributed by atoms with Crippen LogP contribution in [0.2, 0.25) is 5.02 Å². The minimum absolute atomic E-state index is 0.0823. The van der Waals surface area contributed by atoms with E-state index in [1.807, 2.05) is 0 Å². The van der Waals surface area contributed by atoms with E-state index in [4.69, 9.17) is 25.8 Å². The van der Waals surface area contributed by atoms with Gasteiger partial charge in [0.05, 0.1) is 48.7 Å². The number of imidazole rings is 1. The van der Waals surface area contributed by atoms with Crippen LogP contribution in [0.4, 0.5) is 5.95 Å². The number of hydrogen-bond acceptors (Lipinski definition) is 8. The van der Waals surface area contributed by atoms with Gasteiger partial charge in [-0.15, -0.1) is 0 Å². The summed E-state index contributed by atoms with van der Waals surface area (Å²) in [7, 11) is 4.47. The second-order valence-electron chi connectivity index (χ2n) is 8.05. The van der Waals surface area contributed by atoms with Crippen molar-refractivity contribution in [3.63, 3.8) is 0 Å². The number of rotatable bonds is 6. The van der Waals surface area contributed by atoms with Gasteiger partial charge in [-0.3, -0.25) is 19.5 Å². The second-order valence-corrected chi connectivity index (χ2v) is 8.46. The summed E-state index contributed by atoms with van der Waals surface area (Å²) in [6, 6.07) is 11.9. The van der Waals surface area contributed by atoms with Gasteiger partial charge in [-0.1, -0.05) is 17.7 Å². The van der Waals surface area contributed by atoms with Crippen LogP contribution in [0, 0.1) is 0 Å². The quantitative estimate of drug-likeness (QED) is 0.219. The maximum absolute atomic E-state index is 13.4. The Morgan fingerprint density at radius 1 is 1.03 bits per heavy atom. The predicted octanol–water partition coefficient (Wildman–Crippen LogP) is 4.26. The Morgan fingerprint density at radius 3 is 2.46 bits per heavy atom. The van der Waals surface area contributed by atoms with Gasteiger partial charge >= 0.3 is 5.91 Å². The van der Waals surface area contributed by atoms with Crippen LogP contribution < -0.4 is 19.1 Å². The molecule has 4 aromatic rings. The SMILES string of the molecule is COc1ccc(Cl)c(/C(O)=C2\C(=O)C(=O)N(c3nc4cc(OC)c(OC)cc4[nH]3)C2c2ccccn2)c1. The lowest BCUT2D eigenvalue weighted by atomic mass is 9.98. The monoisotopic (exact) mass is 520 g/mol. The number of benzene rings is 2. The van der Waals surface area contributed by atoms with Gasteiger partial charge in [0.25, 0.3) is 5.78 Å². The van der Waals surface area contributed by atoms with Crippen LogP contribution >= 0.6 is 11.6 Å². The molecule has 188 valence electrons. The molecule has 5 rings (SSSR count). The van der Waals surface area contributed by atoms with E-state index in [9.17, 15) is 14.7 Å². The van der Waals surface area contributed by atoms with Crippen LogP contribution in [-0.2, 0) is 9.59 Å². The lowest BCUT2D eigenvalue weighted by molar-refractivity contribution is -0.132. The molecule has 0 aliphatic carbocycles. The largest absolute Gasteiger partial charge is 0.507 e. The zero-order chi connectivity index (χ0) is 26.3. The van der Waals surface area contributed by atoms with Gasteiger partial charge in [0.1, 0.15) is 17.6 Å². The topological polar surface area (TPSA) is 127 Å². The summed E-state index contributed by atoms with van der Waals surface area (Å²) in [5.41, 5.74) is 1.32. The third kappa shape index (κ3) is 4.01. The molecule has 1 aliphatic rings. The molecule has 1 atom stereocenters. The molecule has 0 saturated carbocycles. The van der Waals surface area contributed by atoms with E-state index in [1.165, 1.54) is 44.6 Å². The standard InChI is InChI=1S/C26H21ClN4O6/c1-35-13-7-8-15(27)14(10-13)23(32)21-22(16-6-4-5-9-28-16)31(25(34)24(21)33)26-29-17-11-19(36-2)20(37-3)12-18(17)30-26/h4-12,22,32H,1-3H3,(H,29,30)/b23-21+. The maximum Gasteiger partial charge on any atom is 0.302 e. The lowest BCUT2D eigenvalue weighted by Crippen LogP contribution is -2.30. The van der Waals surface area contributed by atoms with Gasteiger partial charge in [-0.2, -0.15) is 0 Å². The Kier molecular flexibility index (Phi) is 6.18. The normalized spacial score (nSPS) is 16.9. The number of aromatic nitrogens is 3. The fraction of sp³-hybridized carbons (Fsp3) is 0.154. The number of hydrogen-bond donors (Lipinski definition) is 2. The summed E-state index contributed by atoms with van der Waals surface area (Å²) in [5.74, 6) is -0.865. The van der Waals surface area contributed by atoms with Crippen molar-refractivity contribution >= 4 is 46.0 Å². The number of methoxy groups -OCH3 is 3. The van der Waals surface area contributed by atoms with E-state index < -0.39 is 23.5 Å². The van der Waals surface area contributed by atoms with E-state index >= 15 is 0 Å². The minimum atomic E-state index is -1.09. The van der Waals surface area contributed by atoms with Gasteiger partial charge < -0.3 is 24.3 Å². The van der Waals surface area contributed by atoms with Crippen molar-refractivity contribution in [1.82, 2.24) is 15.0 Å². The minimum Gasteiger partial charge on any atom is -0.507 e. The van der Waals surface area contributed by atoms with E-state index in [1.54, 1.807) is 36.4 Å². The number of aromatic amines is 1. The number of H-pyrrole nitrogens is 1. The van der Waals surface area contributed by atoms with Crippen LogP contribution in [0.5, 0.6) is 17.2 Å². The van der Waals surface area contributed by atoms with E-state index in [2.05, 4.69) is 15.0 Å². The molecule has 1 amide bonds. The van der Waals surface area contributed by atoms with Crippen LogP contribution in [0.3, 0.4) is 0 Å². The number of nitrogens with one attached hydrogen (secondary N) is 1. The third-order valence-electron chi connectivity index (χ3n) is 6.04. The number of ether oxygens (including phenoxy) is 3. The summed E-state index contributed by atoms with van der Waals surface area (Å²) in [5, 5.41) is 11.5. The van der Waals surface area contributed by atoms with E-state index in [0.29, 0.717) is 34.0 Å². The fourth-order valence-corrected chi connectivity index (χ4v) is 4.47. The Bertz CT molecular complexity index is 1530. The molecule has 0 radical (unpaired) electrons. The number of carbonyl (C=O) groups is 2. The molecular weight excluding hydrogens is 500 g/mol. The highest BCUT2D eigenvalue weighted by molar-refractivity contribution is 6.51. The number of aliphatic hydroxyl groups excluding tert-OH is 1. The first kappa shape index (κ1) is 24.1. The third-order valence-corrected chi connectivity index (χ3v) is 6.37. The number of Topliss-reactive ketones (excluding diaryl/α,β-unsaturated/α-hetero) is 1. The van der Waals surface area contributed by atoms with Crippen molar-refractivity contribution in [2.24, 2.45) is 0 Å². The lowest BCUT2D eigenvalue weighted by Gasteiger charge is -2.22. The number of anilines is 1. The molecule has 1 aliphatic heterocycles. The smallest absolute Gasteiger partial charge is 0.302 e. The highest BCUT2D eigenvalue weighted by atomic mass is 35.5. The zero-order valence-electron chi connectivity index (χ0n) is 20.0. The van der Waals surface area contributed by atoms with Crippen LogP contribution in [0.25, 0.3) is 16.8 Å². The summed E-state index contributed by atoms with van der Waals surface area (Å²) < 4.78 is 15.9. The summed E-state index contributed by atoms with van der Waals surface area (Å²) in [4.78, 5) is 39.9. The molecule has 1 saturated heterocycles. The van der Waals surface area contributed by atoms with Gasteiger partial charge in [0, 0.05) is 23.9 Å². The van der Waals surface area contributed by atoms with Crippen molar-refractivity contribution in [3.8, 4) is 17.2 Å². The molecule has 3 heterocycles. The molecule has 0 spiro atoms. The molecule has 2 aromatic carbocycles. The van der Waals surface area contributed by atoms with Crippen LogP contribution in [0.15, 0.2) is 60.3 Å². The number of halogens is 1. The molecule has 11 heteroatoms. The number of pyridine rings is 1. The van der Waals surface area contributed by atoms with E-state index in [-0.39, 0.29) is 22.1 Å². The van der Waals surface area contributed by atoms with Gasteiger partial charge in [-0.25, -0.2) is 4.98 Å².